The summed E-state index contributed by atoms with van der Waals surface area (Å²) < 4.78 is 11.6. The second-order valence-corrected chi connectivity index (χ2v) is 6.50. The van der Waals surface area contributed by atoms with Gasteiger partial charge in [0, 0.05) is 0 Å². The Kier molecular flexibility index (Phi) is 4.32. The molecule has 7 nitrogen and oxygen atoms in total. The second kappa shape index (κ2) is 6.93. The Morgan fingerprint density at radius 3 is 2.73 bits per heavy atom. The molecule has 0 aliphatic heterocycles. The number of benzene rings is 2. The van der Waals surface area contributed by atoms with Gasteiger partial charge < -0.3 is 9.15 Å². The van der Waals surface area contributed by atoms with Crippen molar-refractivity contribution in [2.75, 3.05) is 12.4 Å². The van der Waals surface area contributed by atoms with Crippen LogP contribution in [0.25, 0.3) is 10.2 Å². The summed E-state index contributed by atoms with van der Waals surface area (Å²) >= 11 is 1.31. The van der Waals surface area contributed by atoms with Crippen LogP contribution in [-0.2, 0) is 6.42 Å². The summed E-state index contributed by atoms with van der Waals surface area (Å²) in [5, 5.41) is 10.8. The number of ether oxygens (including phenoxy) is 1. The Morgan fingerprint density at radius 2 is 1.96 bits per heavy atom. The number of carbonyl (C=O) groups excluding carboxylic acids is 1. The van der Waals surface area contributed by atoms with Gasteiger partial charge in [-0.25, -0.2) is 4.98 Å². The van der Waals surface area contributed by atoms with Crippen molar-refractivity contribution < 1.29 is 13.9 Å². The summed E-state index contributed by atoms with van der Waals surface area (Å²) in [5.74, 6) is 0.823. The number of anilines is 1. The van der Waals surface area contributed by atoms with Crippen molar-refractivity contribution in [1.82, 2.24) is 15.2 Å². The van der Waals surface area contributed by atoms with Crippen molar-refractivity contribution >= 4 is 33.5 Å². The van der Waals surface area contributed by atoms with Crippen LogP contribution < -0.4 is 10.1 Å². The number of fused-ring (bicyclic) bond motifs is 1. The van der Waals surface area contributed by atoms with Crippen molar-refractivity contribution in [3.63, 3.8) is 0 Å². The first kappa shape index (κ1) is 16.2. The molecule has 4 aromatic rings. The number of thiazole rings is 1. The number of rotatable bonds is 5. The molecule has 0 bridgehead atoms. The van der Waals surface area contributed by atoms with E-state index in [1.54, 1.807) is 7.11 Å². The van der Waals surface area contributed by atoms with E-state index in [4.69, 9.17) is 9.15 Å². The molecule has 130 valence electrons. The maximum absolute atomic E-state index is 12.3. The van der Waals surface area contributed by atoms with E-state index in [2.05, 4.69) is 20.5 Å². The second-order valence-electron chi connectivity index (χ2n) is 5.47. The van der Waals surface area contributed by atoms with Gasteiger partial charge in [-0.1, -0.05) is 29.4 Å². The van der Waals surface area contributed by atoms with E-state index in [0.717, 1.165) is 21.5 Å². The summed E-state index contributed by atoms with van der Waals surface area (Å²) in [7, 11) is 1.62. The van der Waals surface area contributed by atoms with Gasteiger partial charge in [0.2, 0.25) is 5.89 Å². The predicted molar refractivity (Wildman–Crippen MR) is 97.7 cm³/mol. The minimum absolute atomic E-state index is 0.0535. The lowest BCUT2D eigenvalue weighted by molar-refractivity contribution is 0.102. The summed E-state index contributed by atoms with van der Waals surface area (Å²) in [4.78, 5) is 16.6. The smallest absolute Gasteiger partial charge is 0.322 e. The summed E-state index contributed by atoms with van der Waals surface area (Å²) in [6.07, 6.45) is 0.466. The Bertz CT molecular complexity index is 1020. The minimum Gasteiger partial charge on any atom is -0.497 e. The molecule has 26 heavy (non-hydrogen) atoms. The minimum atomic E-state index is -0.370. The highest BCUT2D eigenvalue weighted by Gasteiger charge is 2.16. The van der Waals surface area contributed by atoms with Crippen LogP contribution in [0.4, 0.5) is 6.01 Å². The molecule has 0 fully saturated rings. The molecule has 0 atom stereocenters. The molecule has 2 heterocycles. The van der Waals surface area contributed by atoms with Gasteiger partial charge in [-0.05, 0) is 29.8 Å². The lowest BCUT2D eigenvalue weighted by Crippen LogP contribution is -2.11. The van der Waals surface area contributed by atoms with E-state index < -0.39 is 0 Å². The molecule has 2 aromatic heterocycles. The number of nitrogens with one attached hydrogen (secondary N) is 1. The van der Waals surface area contributed by atoms with E-state index in [9.17, 15) is 4.79 Å². The van der Waals surface area contributed by atoms with Crippen molar-refractivity contribution in [1.29, 1.82) is 0 Å². The topological polar surface area (TPSA) is 90.1 Å². The van der Waals surface area contributed by atoms with Gasteiger partial charge in [0.25, 0.3) is 5.91 Å². The molecule has 4 rings (SSSR count). The molecule has 0 saturated heterocycles. The van der Waals surface area contributed by atoms with Crippen molar-refractivity contribution in [2.24, 2.45) is 0 Å². The van der Waals surface area contributed by atoms with E-state index in [1.165, 1.54) is 11.3 Å². The maximum Gasteiger partial charge on any atom is 0.322 e. The van der Waals surface area contributed by atoms with Crippen molar-refractivity contribution in [3.8, 4) is 5.75 Å². The molecule has 0 unspecified atom stereocenters. The molecule has 0 spiro atoms. The molecular weight excluding hydrogens is 352 g/mol. The lowest BCUT2D eigenvalue weighted by atomic mass is 10.1. The number of nitrogens with zero attached hydrogens (tertiary/aromatic N) is 3. The lowest BCUT2D eigenvalue weighted by Gasteiger charge is -2.00. The zero-order chi connectivity index (χ0) is 17.9. The number of carbonyl (C=O) groups is 1. The third-order valence-electron chi connectivity index (χ3n) is 3.69. The van der Waals surface area contributed by atoms with Gasteiger partial charge >= 0.3 is 6.01 Å². The van der Waals surface area contributed by atoms with Crippen LogP contribution in [0.5, 0.6) is 5.75 Å². The van der Waals surface area contributed by atoms with Gasteiger partial charge in [0.15, 0.2) is 5.01 Å². The number of methoxy groups -OCH3 is 1. The summed E-state index contributed by atoms with van der Waals surface area (Å²) in [5.41, 5.74) is 1.78. The summed E-state index contributed by atoms with van der Waals surface area (Å²) in [6.45, 7) is 0. The van der Waals surface area contributed by atoms with Gasteiger partial charge in [-0.15, -0.1) is 16.4 Å². The van der Waals surface area contributed by atoms with E-state index in [-0.39, 0.29) is 11.9 Å². The van der Waals surface area contributed by atoms with Gasteiger partial charge in [0.1, 0.15) is 5.75 Å². The van der Waals surface area contributed by atoms with Crippen LogP contribution in [-0.4, -0.2) is 28.2 Å². The number of hydrogen-bond acceptors (Lipinski definition) is 7. The molecular formula is C18H14N4O3S. The van der Waals surface area contributed by atoms with Gasteiger partial charge in [-0.2, -0.15) is 0 Å². The zero-order valence-corrected chi connectivity index (χ0v) is 14.6. The molecule has 0 aliphatic carbocycles. The van der Waals surface area contributed by atoms with Gasteiger partial charge in [-0.3, -0.25) is 10.1 Å². The van der Waals surface area contributed by atoms with E-state index in [0.29, 0.717) is 17.3 Å². The average Bonchev–Trinajstić information content (AvgIpc) is 3.29. The fourth-order valence-electron chi connectivity index (χ4n) is 2.41. The number of hydrogen-bond donors (Lipinski definition) is 1. The Labute approximate surface area is 152 Å². The first-order chi connectivity index (χ1) is 12.7. The van der Waals surface area contributed by atoms with E-state index >= 15 is 0 Å². The normalized spacial score (nSPS) is 10.8. The monoisotopic (exact) mass is 366 g/mol. The average molecular weight is 366 g/mol. The number of aromatic nitrogens is 3. The first-order valence-corrected chi connectivity index (χ1v) is 8.65. The molecule has 1 N–H and O–H groups in total. The molecule has 0 aliphatic rings. The molecule has 1 amide bonds. The standard InChI is InChI=1S/C18H14N4O3S/c1-24-12-8-6-11(7-9-12)10-15-21-22-18(25-15)20-16(23)17-19-13-4-2-3-5-14(13)26-17/h2-9H,10H2,1H3,(H,20,22,23). The van der Waals surface area contributed by atoms with Crippen LogP contribution in [0.1, 0.15) is 21.3 Å². The van der Waals surface area contributed by atoms with Crippen LogP contribution >= 0.6 is 11.3 Å². The molecule has 2 aromatic carbocycles. The van der Waals surface area contributed by atoms with Crippen LogP contribution in [0.15, 0.2) is 52.9 Å². The largest absolute Gasteiger partial charge is 0.497 e. The number of para-hydroxylation sites is 1. The van der Waals surface area contributed by atoms with E-state index in [1.807, 2.05) is 48.5 Å². The fourth-order valence-corrected chi connectivity index (χ4v) is 3.27. The SMILES string of the molecule is COc1ccc(Cc2nnc(NC(=O)c3nc4ccccc4s3)o2)cc1. The highest BCUT2D eigenvalue weighted by atomic mass is 32.1. The summed E-state index contributed by atoms with van der Waals surface area (Å²) in [6, 6.07) is 15.2. The van der Waals surface area contributed by atoms with Crippen molar-refractivity contribution in [2.45, 2.75) is 6.42 Å². The Balaban J connectivity index is 1.44. The van der Waals surface area contributed by atoms with Crippen LogP contribution in [0.3, 0.4) is 0 Å². The highest BCUT2D eigenvalue weighted by Crippen LogP contribution is 2.22. The fraction of sp³-hybridized carbons (Fsp3) is 0.111. The number of amides is 1. The highest BCUT2D eigenvalue weighted by molar-refractivity contribution is 7.20. The van der Waals surface area contributed by atoms with Crippen LogP contribution in [0, 0.1) is 0 Å². The first-order valence-electron chi connectivity index (χ1n) is 7.83. The molecule has 8 heteroatoms. The van der Waals surface area contributed by atoms with Crippen molar-refractivity contribution in [3.05, 3.63) is 65.0 Å². The Morgan fingerprint density at radius 1 is 1.15 bits per heavy atom. The quantitative estimate of drug-likeness (QED) is 0.581. The third-order valence-corrected chi connectivity index (χ3v) is 4.73. The molecule has 0 saturated carbocycles. The van der Waals surface area contributed by atoms with Gasteiger partial charge in [0.05, 0.1) is 23.7 Å². The third kappa shape index (κ3) is 3.40. The molecule has 0 radical (unpaired) electrons. The predicted octanol–water partition coefficient (Wildman–Crippen LogP) is 3.53. The van der Waals surface area contributed by atoms with Crippen LogP contribution in [0.2, 0.25) is 0 Å². The Hall–Kier alpha value is -3.26. The zero-order valence-electron chi connectivity index (χ0n) is 13.8. The maximum atomic E-state index is 12.3.